The molecule has 0 aromatic heterocycles. The summed E-state index contributed by atoms with van der Waals surface area (Å²) in [5, 5.41) is 3.68. The molecule has 1 atom stereocenters. The minimum Gasteiger partial charge on any atom is -0.314 e. The van der Waals surface area contributed by atoms with Crippen LogP contribution in [-0.2, 0) is 0 Å². The fraction of sp³-hybridized carbons (Fsp3) is 1.00. The summed E-state index contributed by atoms with van der Waals surface area (Å²) in [5.74, 6) is 0.916. The van der Waals surface area contributed by atoms with Crippen LogP contribution in [0.2, 0.25) is 0 Å². The van der Waals surface area contributed by atoms with Gasteiger partial charge in [-0.1, -0.05) is 6.42 Å². The van der Waals surface area contributed by atoms with Crippen LogP contribution in [0.15, 0.2) is 0 Å². The van der Waals surface area contributed by atoms with Gasteiger partial charge in [0.2, 0.25) is 0 Å². The maximum atomic E-state index is 3.68. The first-order valence-corrected chi connectivity index (χ1v) is 5.76. The molecule has 0 amide bonds. The van der Waals surface area contributed by atoms with Gasteiger partial charge in [0.15, 0.2) is 0 Å². The van der Waals surface area contributed by atoms with Gasteiger partial charge >= 0.3 is 0 Å². The second-order valence-corrected chi connectivity index (χ2v) is 4.81. The molecule has 1 saturated heterocycles. The normalized spacial score (nSPS) is 31.6. The van der Waals surface area contributed by atoms with E-state index in [9.17, 15) is 0 Å². The molecule has 0 aromatic rings. The van der Waals surface area contributed by atoms with Crippen molar-refractivity contribution in [2.24, 2.45) is 5.92 Å². The van der Waals surface area contributed by atoms with E-state index in [2.05, 4.69) is 17.3 Å². The predicted molar refractivity (Wildman–Crippen MR) is 55.9 cm³/mol. The molecular formula is C11H22N2. The lowest BCUT2D eigenvalue weighted by molar-refractivity contribution is 0.195. The van der Waals surface area contributed by atoms with Gasteiger partial charge in [-0.05, 0) is 51.7 Å². The third-order valence-corrected chi connectivity index (χ3v) is 3.52. The van der Waals surface area contributed by atoms with E-state index in [1.54, 1.807) is 0 Å². The van der Waals surface area contributed by atoms with Gasteiger partial charge in [0.1, 0.15) is 0 Å². The zero-order chi connectivity index (χ0) is 9.10. The predicted octanol–water partition coefficient (Wildman–Crippen LogP) is 1.47. The van der Waals surface area contributed by atoms with E-state index < -0.39 is 0 Å². The average Bonchev–Trinajstić information content (AvgIpc) is 2.01. The van der Waals surface area contributed by atoms with Crippen LogP contribution in [0.25, 0.3) is 0 Å². The van der Waals surface area contributed by atoms with Crippen LogP contribution in [0.1, 0.15) is 32.1 Å². The highest BCUT2D eigenvalue weighted by Gasteiger charge is 2.20. The zero-order valence-corrected chi connectivity index (χ0v) is 8.76. The van der Waals surface area contributed by atoms with E-state index in [0.29, 0.717) is 0 Å². The Morgan fingerprint density at radius 1 is 1.23 bits per heavy atom. The molecule has 0 radical (unpaired) electrons. The molecule has 13 heavy (non-hydrogen) atoms. The van der Waals surface area contributed by atoms with Crippen LogP contribution >= 0.6 is 0 Å². The maximum absolute atomic E-state index is 3.68. The molecule has 1 saturated carbocycles. The third-order valence-electron chi connectivity index (χ3n) is 3.52. The van der Waals surface area contributed by atoms with Crippen LogP contribution in [0.3, 0.4) is 0 Å². The van der Waals surface area contributed by atoms with E-state index in [4.69, 9.17) is 0 Å². The van der Waals surface area contributed by atoms with Crippen molar-refractivity contribution in [1.82, 2.24) is 10.2 Å². The van der Waals surface area contributed by atoms with Crippen LogP contribution in [0.4, 0.5) is 0 Å². The van der Waals surface area contributed by atoms with E-state index >= 15 is 0 Å². The molecule has 1 heterocycles. The highest BCUT2D eigenvalue weighted by molar-refractivity contribution is 4.79. The lowest BCUT2D eigenvalue weighted by Gasteiger charge is -2.33. The number of piperidine rings is 1. The summed E-state index contributed by atoms with van der Waals surface area (Å²) in [6.45, 7) is 3.87. The fourth-order valence-electron chi connectivity index (χ4n) is 2.39. The smallest absolute Gasteiger partial charge is 0.00672 e. The Kier molecular flexibility index (Phi) is 3.23. The van der Waals surface area contributed by atoms with Crippen molar-refractivity contribution in [2.75, 3.05) is 26.7 Å². The van der Waals surface area contributed by atoms with Crippen LogP contribution in [0, 0.1) is 5.92 Å². The van der Waals surface area contributed by atoms with Crippen LogP contribution in [-0.4, -0.2) is 37.6 Å². The summed E-state index contributed by atoms with van der Waals surface area (Å²) in [7, 11) is 2.25. The number of hydrogen-bond donors (Lipinski definition) is 1. The van der Waals surface area contributed by atoms with Gasteiger partial charge in [0, 0.05) is 12.6 Å². The van der Waals surface area contributed by atoms with E-state index in [0.717, 1.165) is 12.0 Å². The highest BCUT2D eigenvalue weighted by atomic mass is 15.1. The summed E-state index contributed by atoms with van der Waals surface area (Å²) in [6.07, 6.45) is 7.12. The molecule has 2 nitrogen and oxygen atoms in total. The Morgan fingerprint density at radius 2 is 2.08 bits per heavy atom. The summed E-state index contributed by atoms with van der Waals surface area (Å²) in [5.41, 5.74) is 0. The lowest BCUT2D eigenvalue weighted by Crippen LogP contribution is -2.42. The zero-order valence-electron chi connectivity index (χ0n) is 8.76. The van der Waals surface area contributed by atoms with Crippen molar-refractivity contribution in [1.29, 1.82) is 0 Å². The third kappa shape index (κ3) is 2.68. The fourth-order valence-corrected chi connectivity index (χ4v) is 2.39. The van der Waals surface area contributed by atoms with Crippen molar-refractivity contribution in [3.63, 3.8) is 0 Å². The molecule has 1 N–H and O–H groups in total. The second-order valence-electron chi connectivity index (χ2n) is 4.81. The van der Waals surface area contributed by atoms with Gasteiger partial charge in [0.25, 0.3) is 0 Å². The van der Waals surface area contributed by atoms with E-state index in [1.165, 1.54) is 51.7 Å². The van der Waals surface area contributed by atoms with Crippen molar-refractivity contribution < 1.29 is 0 Å². The minimum absolute atomic E-state index is 0.868. The van der Waals surface area contributed by atoms with Crippen molar-refractivity contribution >= 4 is 0 Å². The molecule has 2 fully saturated rings. The first-order chi connectivity index (χ1) is 6.34. The quantitative estimate of drug-likeness (QED) is 0.711. The number of likely N-dealkylation sites (tertiary alicyclic amines) is 1. The van der Waals surface area contributed by atoms with E-state index in [-0.39, 0.29) is 0 Å². The molecule has 0 aromatic carbocycles. The van der Waals surface area contributed by atoms with Crippen LogP contribution < -0.4 is 5.32 Å². The van der Waals surface area contributed by atoms with Gasteiger partial charge in [-0.15, -0.1) is 0 Å². The van der Waals surface area contributed by atoms with Crippen molar-refractivity contribution in [3.05, 3.63) is 0 Å². The van der Waals surface area contributed by atoms with Crippen LogP contribution in [0.5, 0.6) is 0 Å². The summed E-state index contributed by atoms with van der Waals surface area (Å²) < 4.78 is 0. The molecule has 0 spiro atoms. The molecule has 2 heteroatoms. The van der Waals surface area contributed by atoms with Crippen molar-refractivity contribution in [3.8, 4) is 0 Å². The van der Waals surface area contributed by atoms with Gasteiger partial charge in [0.05, 0.1) is 0 Å². The number of rotatable bonds is 3. The minimum atomic E-state index is 0.868. The average molecular weight is 182 g/mol. The maximum Gasteiger partial charge on any atom is 0.00672 e. The molecule has 76 valence electrons. The number of nitrogens with zero attached hydrogens (tertiary/aromatic N) is 1. The SMILES string of the molecule is CN1CCCC(CNC2CCC2)C1. The summed E-state index contributed by atoms with van der Waals surface area (Å²) in [4.78, 5) is 2.47. The molecule has 1 unspecified atom stereocenters. The largest absolute Gasteiger partial charge is 0.314 e. The number of hydrogen-bond acceptors (Lipinski definition) is 2. The van der Waals surface area contributed by atoms with Gasteiger partial charge in [-0.25, -0.2) is 0 Å². The summed E-state index contributed by atoms with van der Waals surface area (Å²) >= 11 is 0. The molecule has 2 aliphatic rings. The molecule has 2 rings (SSSR count). The summed E-state index contributed by atoms with van der Waals surface area (Å²) in [6, 6.07) is 0.868. The first-order valence-electron chi connectivity index (χ1n) is 5.76. The Bertz CT molecular complexity index is 154. The van der Waals surface area contributed by atoms with E-state index in [1.807, 2.05) is 0 Å². The van der Waals surface area contributed by atoms with Crippen molar-refractivity contribution in [2.45, 2.75) is 38.1 Å². The lowest BCUT2D eigenvalue weighted by atomic mass is 9.91. The van der Waals surface area contributed by atoms with Gasteiger partial charge < -0.3 is 10.2 Å². The number of nitrogens with one attached hydrogen (secondary N) is 1. The molecule has 0 bridgehead atoms. The monoisotopic (exact) mass is 182 g/mol. The first kappa shape index (κ1) is 9.47. The van der Waals surface area contributed by atoms with Gasteiger partial charge in [-0.2, -0.15) is 0 Å². The topological polar surface area (TPSA) is 15.3 Å². The molecular weight excluding hydrogens is 160 g/mol. The highest BCUT2D eigenvalue weighted by Crippen LogP contribution is 2.20. The Labute approximate surface area is 81.7 Å². The Hall–Kier alpha value is -0.0800. The second kappa shape index (κ2) is 4.43. The molecule has 1 aliphatic heterocycles. The molecule has 1 aliphatic carbocycles. The Balaban J connectivity index is 1.62. The standard InChI is InChI=1S/C11H22N2/c1-13-7-3-4-10(9-13)8-12-11-5-2-6-11/h10-12H,2-9H2,1H3. The van der Waals surface area contributed by atoms with Gasteiger partial charge in [-0.3, -0.25) is 0 Å². The Morgan fingerprint density at radius 3 is 2.69 bits per heavy atom.